The minimum absolute atomic E-state index is 0.212. The van der Waals surface area contributed by atoms with Gasteiger partial charge in [-0.15, -0.1) is 0 Å². The van der Waals surface area contributed by atoms with Crippen LogP contribution in [0, 0.1) is 0 Å². The first kappa shape index (κ1) is 3.12. The number of rotatable bonds is 7. The number of hydrogen-bond donors (Lipinski definition) is 4. The van der Waals surface area contributed by atoms with Crippen LogP contribution >= 0.6 is 0 Å². The second-order valence-electron chi connectivity index (χ2n) is 1.41. The molecule has 4 N–H and O–H groups in total. The maximum absolute atomic E-state index is 6.53. The van der Waals surface area contributed by atoms with Crippen molar-refractivity contribution in [2.75, 3.05) is 13.2 Å². The van der Waals surface area contributed by atoms with Gasteiger partial charge in [-0.1, -0.05) is 0 Å². The van der Waals surface area contributed by atoms with Gasteiger partial charge in [0, 0.05) is 0 Å². The molecular weight excluding hydrogens is 112 g/mol. The largest absolute Gasteiger partial charge is 0.394 e. The van der Waals surface area contributed by atoms with Gasteiger partial charge in [-0.2, -0.15) is 0 Å². The van der Waals surface area contributed by atoms with Crippen molar-refractivity contribution < 1.29 is 20.4 Å². The van der Waals surface area contributed by atoms with Crippen molar-refractivity contribution in [3.63, 3.8) is 0 Å². The highest BCUT2D eigenvalue weighted by atomic mass is 16.4. The topological polar surface area (TPSA) is 80.9 Å². The molecule has 0 spiro atoms. The van der Waals surface area contributed by atoms with Gasteiger partial charge < -0.3 is 20.4 Å². The SMILES string of the molecule is [2H]OC[C@H](O[2H])[C@@H](CO[2H])O[2H]. The van der Waals surface area contributed by atoms with Crippen LogP contribution in [0.3, 0.4) is 0 Å². The summed E-state index contributed by atoms with van der Waals surface area (Å²) in [6.45, 7) is -0.424. The van der Waals surface area contributed by atoms with E-state index in [4.69, 9.17) is 5.72 Å². The molecule has 2 atom stereocenters. The zero-order valence-corrected chi connectivity index (χ0v) is 4.20. The van der Waals surface area contributed by atoms with Gasteiger partial charge >= 0.3 is 0 Å². The van der Waals surface area contributed by atoms with Crippen LogP contribution in [0.5, 0.6) is 0 Å². The minimum Gasteiger partial charge on any atom is -0.394 e. The Bertz CT molecular complexity index is 93.1. The predicted octanol–water partition coefficient (Wildman–Crippen LogP) is -2.31. The van der Waals surface area contributed by atoms with Gasteiger partial charge in [-0.25, -0.2) is 0 Å². The average Bonchev–Trinajstić information content (AvgIpc) is 2.11. The van der Waals surface area contributed by atoms with Crippen molar-refractivity contribution in [1.82, 2.24) is 0 Å². The molecule has 0 aliphatic carbocycles. The maximum atomic E-state index is 6.53. The maximum Gasteiger partial charge on any atom is 0.211 e. The lowest BCUT2D eigenvalue weighted by molar-refractivity contribution is -0.0388. The standard InChI is InChI=1S/C4H10O4/c5-1-3(7)4(8)2-6/h3-8H,1-2H2/t3-,4+/i5D,6D,7D,8D. The van der Waals surface area contributed by atoms with Gasteiger partial charge in [-0.3, -0.25) is 0 Å². The smallest absolute Gasteiger partial charge is 0.211 e. The van der Waals surface area contributed by atoms with Gasteiger partial charge in [0.25, 0.3) is 0 Å². The third-order valence-electron chi connectivity index (χ3n) is 0.743. The van der Waals surface area contributed by atoms with E-state index in [9.17, 15) is 0 Å². The van der Waals surface area contributed by atoms with Crippen LogP contribution in [-0.4, -0.2) is 51.6 Å². The fourth-order valence-corrected chi connectivity index (χ4v) is 0.215. The molecule has 0 saturated carbocycles. The molecule has 0 aromatic carbocycles. The van der Waals surface area contributed by atoms with Crippen LogP contribution in [0.15, 0.2) is 0 Å². The van der Waals surface area contributed by atoms with Crippen molar-refractivity contribution in [1.29, 1.82) is 5.72 Å². The highest BCUT2D eigenvalue weighted by Crippen LogP contribution is 1.88. The molecule has 0 saturated heterocycles. The van der Waals surface area contributed by atoms with E-state index in [1.54, 1.807) is 0 Å². The van der Waals surface area contributed by atoms with Crippen LogP contribution < -0.4 is 0 Å². The monoisotopic (exact) mass is 126 g/mol. The van der Waals surface area contributed by atoms with E-state index in [1.807, 2.05) is 0 Å². The molecule has 0 aliphatic rings. The third kappa shape index (κ3) is 2.23. The Morgan fingerprint density at radius 1 is 1.12 bits per heavy atom. The zero-order valence-electron chi connectivity index (χ0n) is 8.20. The molecule has 0 rings (SSSR count). The van der Waals surface area contributed by atoms with Crippen LogP contribution in [0.2, 0.25) is 0 Å². The van der Waals surface area contributed by atoms with E-state index in [1.165, 1.54) is 0 Å². The predicted molar refractivity (Wildman–Crippen MR) is 26.2 cm³/mol. The zero-order chi connectivity index (χ0) is 9.40. The van der Waals surface area contributed by atoms with E-state index in [0.717, 1.165) is 0 Å². The first-order chi connectivity index (χ1) is 5.79. The fourth-order valence-electron chi connectivity index (χ4n) is 0.215. The Labute approximate surface area is 53.0 Å². The van der Waals surface area contributed by atoms with Gasteiger partial charge in [0.15, 0.2) is 0 Å². The van der Waals surface area contributed by atoms with E-state index in [-0.39, 0.29) is 13.2 Å². The summed E-state index contributed by atoms with van der Waals surface area (Å²) in [6, 6.07) is 0. The normalized spacial score (nSPS) is 24.5. The number of hydrogen-bond acceptors (Lipinski definition) is 4. The van der Waals surface area contributed by atoms with E-state index in [0.29, 0.717) is 0 Å². The Balaban J connectivity index is 3.84. The lowest BCUT2D eigenvalue weighted by atomic mass is 10.2. The lowest BCUT2D eigenvalue weighted by Crippen LogP contribution is -2.31. The van der Waals surface area contributed by atoms with Gasteiger partial charge in [0.1, 0.15) is 12.2 Å². The van der Waals surface area contributed by atoms with Gasteiger partial charge in [0.05, 0.1) is 13.2 Å². The molecule has 0 amide bonds. The van der Waals surface area contributed by atoms with E-state index in [2.05, 4.69) is 20.4 Å². The highest BCUT2D eigenvalue weighted by Gasteiger charge is 2.12. The first-order valence-electron chi connectivity index (χ1n) is 3.83. The molecule has 0 radical (unpaired) electrons. The summed E-state index contributed by atoms with van der Waals surface area (Å²) < 4.78 is 25.8. The summed E-state index contributed by atoms with van der Waals surface area (Å²) in [4.78, 5) is 0. The van der Waals surface area contributed by atoms with Crippen molar-refractivity contribution >= 4 is 0 Å². The van der Waals surface area contributed by atoms with Crippen LogP contribution in [0.4, 0.5) is 0 Å². The molecule has 0 aromatic rings. The summed E-state index contributed by atoms with van der Waals surface area (Å²) in [7, 11) is 0. The lowest BCUT2D eigenvalue weighted by Gasteiger charge is -2.10. The van der Waals surface area contributed by atoms with Gasteiger partial charge in [-0.05, 0) is 0 Å². The van der Waals surface area contributed by atoms with E-state index >= 15 is 0 Å². The summed E-state index contributed by atoms with van der Waals surface area (Å²) in [5, 5.41) is 16.1. The first-order valence-corrected chi connectivity index (χ1v) is 2.20. The molecule has 0 heterocycles. The fraction of sp³-hybridized carbons (Fsp3) is 1.00. The summed E-state index contributed by atoms with van der Waals surface area (Å²) >= 11 is 0. The third-order valence-corrected chi connectivity index (χ3v) is 0.743. The molecule has 0 bridgehead atoms. The Morgan fingerprint density at radius 3 is 1.88 bits per heavy atom. The van der Waals surface area contributed by atoms with Crippen molar-refractivity contribution in [2.24, 2.45) is 0 Å². The Hall–Kier alpha value is -0.160. The summed E-state index contributed by atoms with van der Waals surface area (Å²) in [6.07, 6.45) is -1.80. The average molecular weight is 126 g/mol. The van der Waals surface area contributed by atoms with Crippen molar-refractivity contribution in [3.05, 3.63) is 0 Å². The van der Waals surface area contributed by atoms with Crippen molar-refractivity contribution in [2.45, 2.75) is 12.2 Å². The Morgan fingerprint density at radius 2 is 1.62 bits per heavy atom. The number of aliphatic hydroxyl groups excluding tert-OH is 4. The Kier molecular flexibility index (Phi) is 1.48. The molecule has 0 fully saturated rings. The summed E-state index contributed by atoms with van der Waals surface area (Å²) in [5.74, 6) is 0. The number of aliphatic hydroxyl groups is 4. The van der Waals surface area contributed by atoms with Crippen LogP contribution in [-0.2, 0) is 0 Å². The molecule has 8 heavy (non-hydrogen) atoms. The molecule has 50 valence electrons. The molecule has 0 aliphatic heterocycles. The highest BCUT2D eigenvalue weighted by molar-refractivity contribution is 4.62. The summed E-state index contributed by atoms with van der Waals surface area (Å²) in [5.41, 5.74) is 0. The molecule has 0 aromatic heterocycles. The minimum atomic E-state index is -0.898. The molecular formula is C4H10O4. The molecule has 4 heteroatoms. The molecule has 4 nitrogen and oxygen atoms in total. The molecule has 0 unspecified atom stereocenters. The van der Waals surface area contributed by atoms with E-state index < -0.39 is 12.2 Å². The second kappa shape index (κ2) is 3.80. The van der Waals surface area contributed by atoms with Crippen LogP contribution in [0.25, 0.3) is 0 Å². The van der Waals surface area contributed by atoms with Crippen LogP contribution in [0.1, 0.15) is 0 Å². The van der Waals surface area contributed by atoms with Gasteiger partial charge in [0.2, 0.25) is 5.72 Å². The van der Waals surface area contributed by atoms with Crippen molar-refractivity contribution in [3.8, 4) is 0 Å². The quantitative estimate of drug-likeness (QED) is 0.309. The second-order valence-corrected chi connectivity index (χ2v) is 1.41.